The molecule has 3 aromatic rings. The van der Waals surface area contributed by atoms with E-state index in [0.717, 1.165) is 33.6 Å². The summed E-state index contributed by atoms with van der Waals surface area (Å²) in [5.74, 6) is 2.26. The molecule has 6 heteroatoms. The second-order valence-electron chi connectivity index (χ2n) is 7.62. The zero-order valence-electron chi connectivity index (χ0n) is 18.0. The van der Waals surface area contributed by atoms with Gasteiger partial charge in [-0.15, -0.1) is 0 Å². The fourth-order valence-electron chi connectivity index (χ4n) is 4.10. The highest BCUT2D eigenvalue weighted by atomic mass is 16.7. The van der Waals surface area contributed by atoms with Crippen molar-refractivity contribution >= 4 is 11.5 Å². The zero-order chi connectivity index (χ0) is 22.2. The van der Waals surface area contributed by atoms with Gasteiger partial charge in [0.05, 0.1) is 19.8 Å². The Hall–Kier alpha value is -3.93. The van der Waals surface area contributed by atoms with Crippen LogP contribution in [0.15, 0.2) is 66.2 Å². The van der Waals surface area contributed by atoms with Gasteiger partial charge in [0, 0.05) is 16.7 Å². The van der Waals surface area contributed by atoms with E-state index in [-0.39, 0.29) is 6.79 Å². The number of carbonyl (C=O) groups is 1. The zero-order valence-corrected chi connectivity index (χ0v) is 18.0. The van der Waals surface area contributed by atoms with Crippen molar-refractivity contribution in [3.05, 3.63) is 88.5 Å². The number of carbonyl (C=O) groups excluding carboxylic acids is 1. The monoisotopic (exact) mass is 430 g/mol. The van der Waals surface area contributed by atoms with Gasteiger partial charge in [0.2, 0.25) is 6.79 Å². The number of rotatable bonds is 4. The second kappa shape index (κ2) is 7.96. The van der Waals surface area contributed by atoms with Crippen molar-refractivity contribution in [1.82, 2.24) is 0 Å². The third-order valence-corrected chi connectivity index (χ3v) is 5.66. The highest BCUT2D eigenvalue weighted by Gasteiger charge is 2.36. The number of esters is 1. The van der Waals surface area contributed by atoms with Crippen LogP contribution in [-0.2, 0) is 9.53 Å². The molecule has 32 heavy (non-hydrogen) atoms. The minimum absolute atomic E-state index is 0.170. The molecular formula is C26H22O6. The van der Waals surface area contributed by atoms with Crippen molar-refractivity contribution in [2.45, 2.75) is 13.0 Å². The van der Waals surface area contributed by atoms with Gasteiger partial charge in [-0.3, -0.25) is 0 Å². The van der Waals surface area contributed by atoms with E-state index in [9.17, 15) is 4.79 Å². The molecule has 0 amide bonds. The lowest BCUT2D eigenvalue weighted by molar-refractivity contribution is -0.137. The molecular weight excluding hydrogens is 408 g/mol. The highest BCUT2D eigenvalue weighted by Crippen LogP contribution is 2.47. The molecule has 0 aliphatic carbocycles. The van der Waals surface area contributed by atoms with Gasteiger partial charge in [0.1, 0.15) is 11.5 Å². The Bertz CT molecular complexity index is 1230. The molecule has 1 unspecified atom stereocenters. The Labute approximate surface area is 185 Å². The molecule has 0 bridgehead atoms. The maximum Gasteiger partial charge on any atom is 0.338 e. The molecule has 2 aliphatic rings. The summed E-state index contributed by atoms with van der Waals surface area (Å²) in [6, 6.07) is 19.1. The Morgan fingerprint density at radius 3 is 2.41 bits per heavy atom. The van der Waals surface area contributed by atoms with Crippen LogP contribution in [0.2, 0.25) is 0 Å². The maximum absolute atomic E-state index is 13.1. The third-order valence-electron chi connectivity index (χ3n) is 5.66. The van der Waals surface area contributed by atoms with E-state index in [4.69, 9.17) is 23.7 Å². The van der Waals surface area contributed by atoms with E-state index >= 15 is 0 Å². The number of aryl methyl sites for hydroxylation is 1. The van der Waals surface area contributed by atoms with Gasteiger partial charge in [-0.2, -0.15) is 0 Å². The molecule has 0 saturated heterocycles. The van der Waals surface area contributed by atoms with Gasteiger partial charge in [-0.25, -0.2) is 4.79 Å². The van der Waals surface area contributed by atoms with Gasteiger partial charge in [-0.1, -0.05) is 29.8 Å². The van der Waals surface area contributed by atoms with Gasteiger partial charge >= 0.3 is 5.97 Å². The Morgan fingerprint density at radius 2 is 1.66 bits per heavy atom. The molecule has 0 fully saturated rings. The topological polar surface area (TPSA) is 63.2 Å². The molecule has 1 atom stereocenters. The SMILES string of the molecule is COC(=O)C1=C(c2ccc(OC)cc2)c2cc(C)ccc2OC1c1ccc2c(c1)OCO2. The van der Waals surface area contributed by atoms with Crippen molar-refractivity contribution in [2.75, 3.05) is 21.0 Å². The van der Waals surface area contributed by atoms with Crippen LogP contribution in [-0.4, -0.2) is 27.0 Å². The summed E-state index contributed by atoms with van der Waals surface area (Å²) in [6.45, 7) is 2.18. The summed E-state index contributed by atoms with van der Waals surface area (Å²) in [6.07, 6.45) is -0.677. The molecule has 0 spiro atoms. The van der Waals surface area contributed by atoms with Crippen LogP contribution >= 0.6 is 0 Å². The first-order valence-electron chi connectivity index (χ1n) is 10.2. The van der Waals surface area contributed by atoms with Gasteiger partial charge in [-0.05, 0) is 48.9 Å². The van der Waals surface area contributed by atoms with Crippen LogP contribution in [0.25, 0.3) is 5.57 Å². The molecule has 0 aromatic heterocycles. The molecule has 0 N–H and O–H groups in total. The van der Waals surface area contributed by atoms with Gasteiger partial charge < -0.3 is 23.7 Å². The maximum atomic E-state index is 13.1. The quantitative estimate of drug-likeness (QED) is 0.552. The molecule has 6 nitrogen and oxygen atoms in total. The summed E-state index contributed by atoms with van der Waals surface area (Å²) in [7, 11) is 3.00. The minimum atomic E-state index is -0.677. The third kappa shape index (κ3) is 3.34. The van der Waals surface area contributed by atoms with Crippen LogP contribution in [0.4, 0.5) is 0 Å². The standard InChI is InChI=1S/C26H22O6/c1-15-4-10-20-19(12-15)23(16-5-8-18(28-2)9-6-16)24(26(27)29-3)25(32-20)17-7-11-21-22(13-17)31-14-30-21/h4-13,25H,14H2,1-3H3. The van der Waals surface area contributed by atoms with Crippen molar-refractivity contribution in [3.63, 3.8) is 0 Å². The predicted molar refractivity (Wildman–Crippen MR) is 118 cm³/mol. The average molecular weight is 430 g/mol. The summed E-state index contributed by atoms with van der Waals surface area (Å²) >= 11 is 0. The highest BCUT2D eigenvalue weighted by molar-refractivity contribution is 6.04. The molecule has 5 rings (SSSR count). The number of benzene rings is 3. The summed E-state index contributed by atoms with van der Waals surface area (Å²) in [5, 5.41) is 0. The van der Waals surface area contributed by atoms with E-state index in [1.54, 1.807) is 7.11 Å². The smallest absolute Gasteiger partial charge is 0.338 e. The van der Waals surface area contributed by atoms with Crippen LogP contribution < -0.4 is 18.9 Å². The second-order valence-corrected chi connectivity index (χ2v) is 7.62. The van der Waals surface area contributed by atoms with Crippen molar-refractivity contribution in [3.8, 4) is 23.0 Å². The van der Waals surface area contributed by atoms with E-state index in [2.05, 4.69) is 0 Å². The fraction of sp³-hybridized carbons (Fsp3) is 0.192. The van der Waals surface area contributed by atoms with Gasteiger partial charge in [0.25, 0.3) is 0 Å². The number of hydrogen-bond acceptors (Lipinski definition) is 6. The normalized spacial score (nSPS) is 16.3. The molecule has 3 aromatic carbocycles. The number of fused-ring (bicyclic) bond motifs is 2. The van der Waals surface area contributed by atoms with Crippen molar-refractivity contribution in [1.29, 1.82) is 0 Å². The number of methoxy groups -OCH3 is 2. The lowest BCUT2D eigenvalue weighted by atomic mass is 9.85. The first kappa shape index (κ1) is 20.0. The largest absolute Gasteiger partial charge is 0.497 e. The lowest BCUT2D eigenvalue weighted by Crippen LogP contribution is -2.24. The molecule has 0 saturated carbocycles. The summed E-state index contributed by atoms with van der Waals surface area (Å²) in [4.78, 5) is 13.1. The fourth-order valence-corrected chi connectivity index (χ4v) is 4.10. The van der Waals surface area contributed by atoms with Gasteiger partial charge in [0.15, 0.2) is 17.6 Å². The molecule has 2 aliphatic heterocycles. The van der Waals surface area contributed by atoms with E-state index in [1.165, 1.54) is 7.11 Å². The average Bonchev–Trinajstić information content (AvgIpc) is 3.30. The van der Waals surface area contributed by atoms with Crippen LogP contribution in [0.3, 0.4) is 0 Å². The van der Waals surface area contributed by atoms with Crippen LogP contribution in [0.1, 0.15) is 28.4 Å². The van der Waals surface area contributed by atoms with E-state index < -0.39 is 12.1 Å². The molecule has 0 radical (unpaired) electrons. The van der Waals surface area contributed by atoms with Crippen LogP contribution in [0, 0.1) is 6.92 Å². The predicted octanol–water partition coefficient (Wildman–Crippen LogP) is 4.84. The first-order valence-corrected chi connectivity index (χ1v) is 10.2. The number of ether oxygens (including phenoxy) is 5. The molecule has 2 heterocycles. The Morgan fingerprint density at radius 1 is 0.906 bits per heavy atom. The molecule has 162 valence electrons. The Balaban J connectivity index is 1.76. The summed E-state index contributed by atoms with van der Waals surface area (Å²) in [5.41, 5.74) is 4.73. The van der Waals surface area contributed by atoms with Crippen molar-refractivity contribution < 1.29 is 28.5 Å². The lowest BCUT2D eigenvalue weighted by Gasteiger charge is -2.31. The van der Waals surface area contributed by atoms with Crippen molar-refractivity contribution in [2.24, 2.45) is 0 Å². The van der Waals surface area contributed by atoms with Crippen LogP contribution in [0.5, 0.6) is 23.0 Å². The Kier molecular flexibility index (Phi) is 4.98. The number of hydrogen-bond donors (Lipinski definition) is 0. The summed E-state index contributed by atoms with van der Waals surface area (Å²) < 4.78 is 27.9. The van der Waals surface area contributed by atoms with E-state index in [0.29, 0.717) is 22.8 Å². The minimum Gasteiger partial charge on any atom is -0.497 e. The van der Waals surface area contributed by atoms with E-state index in [1.807, 2.05) is 67.6 Å². The first-order chi connectivity index (χ1) is 15.6.